The highest BCUT2D eigenvalue weighted by Crippen LogP contribution is 2.25. The van der Waals surface area contributed by atoms with Gasteiger partial charge in [-0.1, -0.05) is 66.2 Å². The first kappa shape index (κ1) is 20.4. The number of nitrogens with zero attached hydrogens (tertiary/aromatic N) is 2. The Kier molecular flexibility index (Phi) is 5.95. The second-order valence-electron chi connectivity index (χ2n) is 7.60. The number of rotatable bonds is 8. The van der Waals surface area contributed by atoms with Gasteiger partial charge in [0.25, 0.3) is 0 Å². The van der Waals surface area contributed by atoms with Gasteiger partial charge in [-0.15, -0.1) is 0 Å². The predicted octanol–water partition coefficient (Wildman–Crippen LogP) is 6.89. The zero-order valence-corrected chi connectivity index (χ0v) is 18.3. The van der Waals surface area contributed by atoms with Gasteiger partial charge in [-0.2, -0.15) is 0 Å². The minimum absolute atomic E-state index is 0.351. The molecule has 1 aromatic heterocycles. The van der Waals surface area contributed by atoms with Crippen LogP contribution in [-0.4, -0.2) is 16.2 Å². The van der Waals surface area contributed by atoms with Crippen LogP contribution in [0.2, 0.25) is 5.02 Å². The van der Waals surface area contributed by atoms with E-state index in [1.807, 2.05) is 60.7 Å². The first-order valence-corrected chi connectivity index (χ1v) is 11.1. The van der Waals surface area contributed by atoms with Gasteiger partial charge in [0.15, 0.2) is 0 Å². The minimum Gasteiger partial charge on any atom is -0.494 e. The molecule has 0 unspecified atom stereocenters. The maximum Gasteiger partial charge on any atom is 0.148 e. The van der Waals surface area contributed by atoms with Crippen LogP contribution >= 0.6 is 11.6 Å². The summed E-state index contributed by atoms with van der Waals surface area (Å²) in [6.07, 6.45) is 0.853. The number of ether oxygens (including phenoxy) is 2. The lowest BCUT2D eigenvalue weighted by Gasteiger charge is -2.12. The minimum atomic E-state index is 0.351. The topological polar surface area (TPSA) is 36.3 Å². The summed E-state index contributed by atoms with van der Waals surface area (Å²) in [5.74, 6) is 2.42. The van der Waals surface area contributed by atoms with E-state index in [0.29, 0.717) is 24.0 Å². The number of para-hydroxylation sites is 3. The van der Waals surface area contributed by atoms with Crippen LogP contribution in [0.15, 0.2) is 91.0 Å². The molecule has 0 amide bonds. The third kappa shape index (κ3) is 4.41. The van der Waals surface area contributed by atoms with Crippen molar-refractivity contribution < 1.29 is 9.47 Å². The zero-order valence-electron chi connectivity index (χ0n) is 17.6. The van der Waals surface area contributed by atoms with Crippen molar-refractivity contribution in [3.63, 3.8) is 0 Å². The normalized spacial score (nSPS) is 11.2. The Morgan fingerprint density at radius 3 is 2.47 bits per heavy atom. The number of aromatic nitrogens is 2. The molecule has 0 radical (unpaired) electrons. The summed E-state index contributed by atoms with van der Waals surface area (Å²) in [5.41, 5.74) is 2.05. The largest absolute Gasteiger partial charge is 0.494 e. The number of hydrogen-bond donors (Lipinski definition) is 0. The third-order valence-electron chi connectivity index (χ3n) is 5.44. The van der Waals surface area contributed by atoms with Crippen LogP contribution in [0.3, 0.4) is 0 Å². The van der Waals surface area contributed by atoms with Crippen LogP contribution < -0.4 is 9.47 Å². The average molecular weight is 443 g/mol. The molecule has 0 saturated carbocycles. The van der Waals surface area contributed by atoms with Crippen LogP contribution in [-0.2, 0) is 13.2 Å². The van der Waals surface area contributed by atoms with Crippen molar-refractivity contribution in [2.45, 2.75) is 19.6 Å². The van der Waals surface area contributed by atoms with E-state index in [1.54, 1.807) is 0 Å². The summed E-state index contributed by atoms with van der Waals surface area (Å²) >= 11 is 6.24. The first-order valence-electron chi connectivity index (χ1n) is 10.7. The summed E-state index contributed by atoms with van der Waals surface area (Å²) in [7, 11) is 0. The number of halogens is 1. The summed E-state index contributed by atoms with van der Waals surface area (Å²) < 4.78 is 14.2. The molecular formula is C27H23ClN2O2. The van der Waals surface area contributed by atoms with Crippen LogP contribution in [0.1, 0.15) is 12.2 Å². The number of imidazole rings is 1. The van der Waals surface area contributed by atoms with Crippen LogP contribution in [0.5, 0.6) is 11.5 Å². The molecule has 5 rings (SSSR count). The summed E-state index contributed by atoms with van der Waals surface area (Å²) in [6.45, 7) is 1.76. The number of hydrogen-bond acceptors (Lipinski definition) is 3. The molecule has 5 heteroatoms. The smallest absolute Gasteiger partial charge is 0.148 e. The van der Waals surface area contributed by atoms with Crippen molar-refractivity contribution in [3.05, 3.63) is 102 Å². The number of aryl methyl sites for hydroxylation is 1. The van der Waals surface area contributed by atoms with Gasteiger partial charge in [0.05, 0.1) is 22.7 Å². The maximum atomic E-state index is 6.24. The Balaban J connectivity index is 1.27. The molecule has 0 N–H and O–H groups in total. The molecule has 4 nitrogen and oxygen atoms in total. The molecule has 0 saturated heterocycles. The highest BCUT2D eigenvalue weighted by molar-refractivity contribution is 6.32. The van der Waals surface area contributed by atoms with Gasteiger partial charge in [-0.3, -0.25) is 0 Å². The lowest BCUT2D eigenvalue weighted by atomic mass is 10.1. The van der Waals surface area contributed by atoms with Crippen molar-refractivity contribution in [2.75, 3.05) is 6.61 Å². The highest BCUT2D eigenvalue weighted by atomic mass is 35.5. The Morgan fingerprint density at radius 2 is 1.56 bits per heavy atom. The molecular weight excluding hydrogens is 420 g/mol. The number of benzene rings is 4. The predicted molar refractivity (Wildman–Crippen MR) is 130 cm³/mol. The average Bonchev–Trinajstić information content (AvgIpc) is 3.18. The molecule has 5 aromatic rings. The molecule has 0 bridgehead atoms. The fraction of sp³-hybridized carbons (Fsp3) is 0.148. The van der Waals surface area contributed by atoms with Crippen LogP contribution in [0.25, 0.3) is 21.8 Å². The SMILES string of the molecule is Clc1ccccc1OCc1nc2ccccc2n1CCCOc1ccc2ccccc2c1. The molecule has 1 heterocycles. The van der Waals surface area contributed by atoms with E-state index in [1.165, 1.54) is 10.8 Å². The maximum absolute atomic E-state index is 6.24. The zero-order chi connectivity index (χ0) is 21.8. The third-order valence-corrected chi connectivity index (χ3v) is 5.75. The fourth-order valence-corrected chi connectivity index (χ4v) is 4.05. The molecule has 4 aromatic carbocycles. The molecule has 0 fully saturated rings. The molecule has 0 atom stereocenters. The van der Waals surface area contributed by atoms with E-state index < -0.39 is 0 Å². The monoisotopic (exact) mass is 442 g/mol. The van der Waals surface area contributed by atoms with E-state index in [4.69, 9.17) is 26.1 Å². The van der Waals surface area contributed by atoms with E-state index in [2.05, 4.69) is 34.9 Å². The van der Waals surface area contributed by atoms with E-state index in [-0.39, 0.29) is 0 Å². The summed E-state index contributed by atoms with van der Waals surface area (Å²) in [6, 6.07) is 30.1. The molecule has 0 spiro atoms. The molecule has 0 aliphatic heterocycles. The van der Waals surface area contributed by atoms with Crippen molar-refractivity contribution in [1.29, 1.82) is 0 Å². The fourth-order valence-electron chi connectivity index (χ4n) is 3.86. The Bertz CT molecular complexity index is 1360. The first-order chi connectivity index (χ1) is 15.8. The second-order valence-corrected chi connectivity index (χ2v) is 8.01. The lowest BCUT2D eigenvalue weighted by Crippen LogP contribution is -2.10. The highest BCUT2D eigenvalue weighted by Gasteiger charge is 2.12. The summed E-state index contributed by atoms with van der Waals surface area (Å²) in [5, 5.41) is 3.00. The van der Waals surface area contributed by atoms with Crippen molar-refractivity contribution in [1.82, 2.24) is 9.55 Å². The standard InChI is InChI=1S/C27H23ClN2O2/c28-23-10-3-6-13-26(23)32-19-27-29-24-11-4-5-12-25(24)30(27)16-7-17-31-22-15-14-20-8-1-2-9-21(20)18-22/h1-6,8-15,18H,7,16-17,19H2. The van der Waals surface area contributed by atoms with Gasteiger partial charge in [-0.25, -0.2) is 4.98 Å². The Labute approximate surface area is 192 Å². The van der Waals surface area contributed by atoms with Crippen molar-refractivity contribution >= 4 is 33.4 Å². The quantitative estimate of drug-likeness (QED) is 0.245. The Morgan fingerprint density at radius 1 is 0.781 bits per heavy atom. The van der Waals surface area contributed by atoms with Crippen molar-refractivity contribution in [2.24, 2.45) is 0 Å². The molecule has 0 aliphatic carbocycles. The molecule has 160 valence electrons. The van der Waals surface area contributed by atoms with Gasteiger partial charge in [0.2, 0.25) is 0 Å². The molecule has 0 aliphatic rings. The van der Waals surface area contributed by atoms with E-state index >= 15 is 0 Å². The van der Waals surface area contributed by atoms with Gasteiger partial charge in [0.1, 0.15) is 23.9 Å². The number of fused-ring (bicyclic) bond motifs is 2. The van der Waals surface area contributed by atoms with Gasteiger partial charge in [0, 0.05) is 6.54 Å². The Hall–Kier alpha value is -3.50. The van der Waals surface area contributed by atoms with Crippen LogP contribution in [0.4, 0.5) is 0 Å². The molecule has 32 heavy (non-hydrogen) atoms. The van der Waals surface area contributed by atoms with Crippen LogP contribution in [0, 0.1) is 0 Å². The van der Waals surface area contributed by atoms with E-state index in [0.717, 1.165) is 35.6 Å². The second kappa shape index (κ2) is 9.33. The van der Waals surface area contributed by atoms with Gasteiger partial charge < -0.3 is 14.0 Å². The van der Waals surface area contributed by atoms with E-state index in [9.17, 15) is 0 Å². The van der Waals surface area contributed by atoms with Gasteiger partial charge >= 0.3 is 0 Å². The lowest BCUT2D eigenvalue weighted by molar-refractivity contribution is 0.280. The summed E-state index contributed by atoms with van der Waals surface area (Å²) in [4.78, 5) is 4.78. The van der Waals surface area contributed by atoms with Gasteiger partial charge in [-0.05, 0) is 53.6 Å². The van der Waals surface area contributed by atoms with Crippen molar-refractivity contribution in [3.8, 4) is 11.5 Å².